The van der Waals surface area contributed by atoms with Crippen LogP contribution in [0.3, 0.4) is 0 Å². The number of carbonyl (C=O) groups is 2. The fourth-order valence-corrected chi connectivity index (χ4v) is 5.45. The summed E-state index contributed by atoms with van der Waals surface area (Å²) < 4.78 is 10.6. The summed E-state index contributed by atoms with van der Waals surface area (Å²) in [6, 6.07) is 1.89. The van der Waals surface area contributed by atoms with Crippen molar-refractivity contribution < 1.29 is 19.1 Å². The Hall–Kier alpha value is -2.06. The number of carbonyl (C=O) groups excluding carboxylic acids is 2. The molecular weight excluding hydrogens is 420 g/mol. The van der Waals surface area contributed by atoms with Gasteiger partial charge >= 0.3 is 6.09 Å². The standard InChI is InChI=1S/C22H31ClN4O4/c1-14(2)18-17(31-21(24)29)12-16(23)19(25-18)26-8-3-6-22(13-26)7-9-27(20(22)28)15-4-10-30-11-5-15/h12,14-15H,3-11,13H2,1-2H3,(H2,24,29)/t22-/m1/s1. The zero-order valence-electron chi connectivity index (χ0n) is 18.2. The first-order valence-electron chi connectivity index (χ1n) is 11.1. The second-order valence-electron chi connectivity index (χ2n) is 9.15. The molecule has 2 N–H and O–H groups in total. The third-order valence-electron chi connectivity index (χ3n) is 6.76. The van der Waals surface area contributed by atoms with Crippen molar-refractivity contribution in [3.05, 3.63) is 16.8 Å². The molecule has 0 saturated carbocycles. The summed E-state index contributed by atoms with van der Waals surface area (Å²) in [6.07, 6.45) is 3.59. The Morgan fingerprint density at radius 1 is 1.32 bits per heavy atom. The Morgan fingerprint density at radius 3 is 2.74 bits per heavy atom. The molecule has 1 atom stereocenters. The fraction of sp³-hybridized carbons (Fsp3) is 0.682. The highest BCUT2D eigenvalue weighted by Gasteiger charge is 2.50. The molecule has 31 heavy (non-hydrogen) atoms. The van der Waals surface area contributed by atoms with E-state index in [0.717, 1.165) is 58.4 Å². The number of anilines is 1. The van der Waals surface area contributed by atoms with Gasteiger partial charge in [0.1, 0.15) is 5.82 Å². The van der Waals surface area contributed by atoms with E-state index in [0.29, 0.717) is 23.1 Å². The van der Waals surface area contributed by atoms with Gasteiger partial charge in [0.15, 0.2) is 5.75 Å². The number of primary amides is 1. The number of hydrogen-bond donors (Lipinski definition) is 1. The first kappa shape index (κ1) is 22.1. The van der Waals surface area contributed by atoms with Gasteiger partial charge in [-0.15, -0.1) is 0 Å². The number of ether oxygens (including phenoxy) is 2. The monoisotopic (exact) mass is 450 g/mol. The molecule has 0 aliphatic carbocycles. The maximum atomic E-state index is 13.5. The van der Waals surface area contributed by atoms with Crippen LogP contribution in [0.5, 0.6) is 5.75 Å². The van der Waals surface area contributed by atoms with Crippen LogP contribution in [0.25, 0.3) is 0 Å². The van der Waals surface area contributed by atoms with Crippen molar-refractivity contribution in [3.63, 3.8) is 0 Å². The molecule has 0 aromatic carbocycles. The minimum absolute atomic E-state index is 0.0150. The van der Waals surface area contributed by atoms with Gasteiger partial charge < -0.3 is 25.0 Å². The molecule has 8 nitrogen and oxygen atoms in total. The van der Waals surface area contributed by atoms with E-state index in [9.17, 15) is 9.59 Å². The van der Waals surface area contributed by atoms with Crippen molar-refractivity contribution in [3.8, 4) is 5.75 Å². The second-order valence-corrected chi connectivity index (χ2v) is 9.56. The molecule has 170 valence electrons. The number of likely N-dealkylation sites (tertiary alicyclic amines) is 1. The molecule has 1 aromatic rings. The van der Waals surface area contributed by atoms with Gasteiger partial charge in [-0.05, 0) is 38.0 Å². The van der Waals surface area contributed by atoms with Gasteiger partial charge in [-0.3, -0.25) is 4.79 Å². The van der Waals surface area contributed by atoms with Gasteiger partial charge in [0.2, 0.25) is 5.91 Å². The molecule has 3 aliphatic heterocycles. The first-order chi connectivity index (χ1) is 14.8. The van der Waals surface area contributed by atoms with Gasteiger partial charge in [0, 0.05) is 45.0 Å². The van der Waals surface area contributed by atoms with Crippen LogP contribution in [-0.2, 0) is 9.53 Å². The van der Waals surface area contributed by atoms with Gasteiger partial charge in [-0.1, -0.05) is 25.4 Å². The lowest BCUT2D eigenvalue weighted by Gasteiger charge is -2.41. The number of halogens is 1. The third kappa shape index (κ3) is 4.32. The highest BCUT2D eigenvalue weighted by molar-refractivity contribution is 6.33. The summed E-state index contributed by atoms with van der Waals surface area (Å²) in [5.74, 6) is 1.20. The predicted octanol–water partition coefficient (Wildman–Crippen LogP) is 3.31. The third-order valence-corrected chi connectivity index (χ3v) is 7.04. The Balaban J connectivity index is 1.58. The largest absolute Gasteiger partial charge is 0.410 e. The molecule has 4 rings (SSSR count). The fourth-order valence-electron chi connectivity index (χ4n) is 5.19. The molecule has 2 amide bonds. The van der Waals surface area contributed by atoms with Crippen molar-refractivity contribution in [1.29, 1.82) is 0 Å². The number of aromatic nitrogens is 1. The number of nitrogens with zero attached hydrogens (tertiary/aromatic N) is 3. The number of nitrogens with two attached hydrogens (primary N) is 1. The Labute approximate surface area is 188 Å². The van der Waals surface area contributed by atoms with Crippen molar-refractivity contribution in [2.45, 2.75) is 57.9 Å². The zero-order valence-corrected chi connectivity index (χ0v) is 19.0. The van der Waals surface area contributed by atoms with Crippen LogP contribution in [0.15, 0.2) is 6.07 Å². The minimum Gasteiger partial charge on any atom is -0.408 e. The molecule has 4 heterocycles. The number of amides is 2. The van der Waals surface area contributed by atoms with E-state index >= 15 is 0 Å². The summed E-state index contributed by atoms with van der Waals surface area (Å²) in [5.41, 5.74) is 5.44. The zero-order chi connectivity index (χ0) is 22.2. The lowest BCUT2D eigenvalue weighted by Crippen LogP contribution is -2.50. The van der Waals surface area contributed by atoms with Crippen LogP contribution in [0.1, 0.15) is 57.6 Å². The van der Waals surface area contributed by atoms with E-state index in [1.54, 1.807) is 6.07 Å². The molecule has 9 heteroatoms. The van der Waals surface area contributed by atoms with Crippen molar-refractivity contribution >= 4 is 29.4 Å². The van der Waals surface area contributed by atoms with Crippen LogP contribution in [-0.4, -0.2) is 60.8 Å². The van der Waals surface area contributed by atoms with E-state index in [-0.39, 0.29) is 29.0 Å². The van der Waals surface area contributed by atoms with Crippen molar-refractivity contribution in [1.82, 2.24) is 9.88 Å². The smallest absolute Gasteiger partial charge is 0.408 e. The minimum atomic E-state index is -0.894. The van der Waals surface area contributed by atoms with Gasteiger partial charge in [0.25, 0.3) is 0 Å². The molecule has 0 bridgehead atoms. The molecule has 1 spiro atoms. The second kappa shape index (κ2) is 8.82. The normalized spacial score (nSPS) is 25.0. The highest BCUT2D eigenvalue weighted by atomic mass is 35.5. The summed E-state index contributed by atoms with van der Waals surface area (Å²) >= 11 is 6.56. The summed E-state index contributed by atoms with van der Waals surface area (Å²) in [5, 5.41) is 0.393. The van der Waals surface area contributed by atoms with Crippen LogP contribution in [0, 0.1) is 5.41 Å². The topological polar surface area (TPSA) is 98.0 Å². The van der Waals surface area contributed by atoms with Gasteiger partial charge in [-0.25, -0.2) is 9.78 Å². The van der Waals surface area contributed by atoms with Crippen molar-refractivity contribution in [2.75, 3.05) is 37.7 Å². The quantitative estimate of drug-likeness (QED) is 0.755. The summed E-state index contributed by atoms with van der Waals surface area (Å²) in [6.45, 7) is 7.59. The molecule has 3 saturated heterocycles. The van der Waals surface area contributed by atoms with E-state index in [2.05, 4.69) is 9.80 Å². The summed E-state index contributed by atoms with van der Waals surface area (Å²) in [7, 11) is 0. The van der Waals surface area contributed by atoms with E-state index < -0.39 is 6.09 Å². The lowest BCUT2D eigenvalue weighted by molar-refractivity contribution is -0.139. The van der Waals surface area contributed by atoms with Crippen LogP contribution >= 0.6 is 11.6 Å². The number of pyridine rings is 1. The Bertz CT molecular complexity index is 858. The van der Waals surface area contributed by atoms with E-state index in [4.69, 9.17) is 31.8 Å². The molecule has 3 aliphatic rings. The number of rotatable bonds is 4. The molecule has 0 unspecified atom stereocenters. The van der Waals surface area contributed by atoms with Crippen LogP contribution < -0.4 is 15.4 Å². The van der Waals surface area contributed by atoms with E-state index in [1.165, 1.54) is 0 Å². The predicted molar refractivity (Wildman–Crippen MR) is 118 cm³/mol. The van der Waals surface area contributed by atoms with Gasteiger partial charge in [-0.2, -0.15) is 0 Å². The maximum absolute atomic E-state index is 13.5. The average molecular weight is 451 g/mol. The molecule has 1 aromatic heterocycles. The molecule has 3 fully saturated rings. The van der Waals surface area contributed by atoms with E-state index in [1.807, 2.05) is 13.8 Å². The van der Waals surface area contributed by atoms with Crippen molar-refractivity contribution in [2.24, 2.45) is 11.1 Å². The lowest BCUT2D eigenvalue weighted by atomic mass is 9.78. The van der Waals surface area contributed by atoms with Crippen LogP contribution in [0.4, 0.5) is 10.6 Å². The van der Waals surface area contributed by atoms with Crippen LogP contribution in [0.2, 0.25) is 5.02 Å². The van der Waals surface area contributed by atoms with Gasteiger partial charge in [0.05, 0.1) is 16.1 Å². The number of piperidine rings is 1. The Kier molecular flexibility index (Phi) is 6.30. The molecule has 0 radical (unpaired) electrons. The average Bonchev–Trinajstić information content (AvgIpc) is 3.03. The maximum Gasteiger partial charge on any atom is 0.410 e. The highest BCUT2D eigenvalue weighted by Crippen LogP contribution is 2.44. The summed E-state index contributed by atoms with van der Waals surface area (Å²) in [4.78, 5) is 33.8. The Morgan fingerprint density at radius 2 is 2.06 bits per heavy atom. The number of hydrogen-bond acceptors (Lipinski definition) is 6. The first-order valence-corrected chi connectivity index (χ1v) is 11.5. The molecular formula is C22H31ClN4O4. The SMILES string of the molecule is CC(C)c1nc(N2CCC[C@@]3(CCN(C4CCOCC4)C3=O)C2)c(Cl)cc1OC(N)=O.